The van der Waals surface area contributed by atoms with Gasteiger partial charge in [0.1, 0.15) is 36.0 Å². The molecule has 1 aromatic carbocycles. The Morgan fingerprint density at radius 1 is 1.02 bits per heavy atom. The van der Waals surface area contributed by atoms with Gasteiger partial charge < -0.3 is 45.1 Å². The van der Waals surface area contributed by atoms with Crippen LogP contribution in [0, 0.1) is 11.7 Å². The van der Waals surface area contributed by atoms with Crippen LogP contribution in [0.5, 0.6) is 5.75 Å². The Hall–Kier alpha value is -2.38. The Morgan fingerprint density at radius 2 is 1.69 bits per heavy atom. The van der Waals surface area contributed by atoms with Gasteiger partial charge in [-0.05, 0) is 56.0 Å². The van der Waals surface area contributed by atoms with Crippen molar-refractivity contribution in [2.24, 2.45) is 5.92 Å². The molecule has 1 aliphatic heterocycles. The van der Waals surface area contributed by atoms with Crippen LogP contribution in [0.3, 0.4) is 0 Å². The van der Waals surface area contributed by atoms with Gasteiger partial charge >= 0.3 is 0 Å². The minimum Gasteiger partial charge on any atom is -0.486 e. The van der Waals surface area contributed by atoms with Crippen molar-refractivity contribution in [3.8, 4) is 5.75 Å². The Bertz CT molecular complexity index is 1110. The molecule has 9 unspecified atom stereocenters. The van der Waals surface area contributed by atoms with Crippen molar-refractivity contribution >= 4 is 5.91 Å². The maximum Gasteiger partial charge on any atom is 0.220 e. The Morgan fingerprint density at radius 3 is 2.31 bits per heavy atom. The summed E-state index contributed by atoms with van der Waals surface area (Å²) in [4.78, 5) is 12.8. The standard InChI is InChI=1S/C37H58FNO9/c1-3-12-31(41)36(45)30(24-46-37-35(44)25(2)34(43)32(23-40)48-37)39-33(42)14-11-9-7-5-4-6-8-10-13-26-15-19-28(20-16-26)47-29-21-17-27(38)18-22-29/h15-19,21-22,25,28,30-32,34-37,40-41,43-45H,3-14,20,23-24H2,1-2H3,(H,39,42). The molecule has 1 saturated heterocycles. The predicted octanol–water partition coefficient (Wildman–Crippen LogP) is 4.46. The van der Waals surface area contributed by atoms with E-state index in [4.69, 9.17) is 14.2 Å². The molecule has 1 fully saturated rings. The average molecular weight is 680 g/mol. The fourth-order valence-electron chi connectivity index (χ4n) is 6.13. The number of nitrogens with one attached hydrogen (secondary N) is 1. The molecular weight excluding hydrogens is 621 g/mol. The van der Waals surface area contributed by atoms with Gasteiger partial charge in [-0.1, -0.05) is 76.5 Å². The summed E-state index contributed by atoms with van der Waals surface area (Å²) in [6.07, 6.45) is 11.2. The zero-order valence-electron chi connectivity index (χ0n) is 28.6. The number of allylic oxidation sites excluding steroid dienone is 2. The summed E-state index contributed by atoms with van der Waals surface area (Å²) in [5.74, 6) is -0.478. The molecule has 272 valence electrons. The number of rotatable bonds is 22. The van der Waals surface area contributed by atoms with Crippen molar-refractivity contribution in [1.29, 1.82) is 0 Å². The molecule has 1 amide bonds. The summed E-state index contributed by atoms with van der Waals surface area (Å²) in [6, 6.07) is 5.16. The van der Waals surface area contributed by atoms with E-state index < -0.39 is 55.4 Å². The molecule has 10 nitrogen and oxygen atoms in total. The lowest BCUT2D eigenvalue weighted by Crippen LogP contribution is -2.57. The van der Waals surface area contributed by atoms with E-state index in [2.05, 4.69) is 23.5 Å². The van der Waals surface area contributed by atoms with Crippen LogP contribution < -0.4 is 10.1 Å². The number of aliphatic hydroxyl groups excluding tert-OH is 5. The summed E-state index contributed by atoms with van der Waals surface area (Å²) in [5, 5.41) is 54.1. The van der Waals surface area contributed by atoms with Crippen LogP contribution in [-0.2, 0) is 14.3 Å². The normalized spacial score (nSPS) is 26.0. The molecule has 0 radical (unpaired) electrons. The van der Waals surface area contributed by atoms with Gasteiger partial charge in [-0.15, -0.1) is 0 Å². The van der Waals surface area contributed by atoms with Crippen molar-refractivity contribution in [2.75, 3.05) is 13.2 Å². The van der Waals surface area contributed by atoms with E-state index in [0.717, 1.165) is 44.9 Å². The van der Waals surface area contributed by atoms with E-state index >= 15 is 0 Å². The third kappa shape index (κ3) is 13.5. The summed E-state index contributed by atoms with van der Waals surface area (Å²) in [5.41, 5.74) is 1.33. The van der Waals surface area contributed by atoms with Gasteiger partial charge in [0.15, 0.2) is 6.29 Å². The topological polar surface area (TPSA) is 158 Å². The molecule has 0 aromatic heterocycles. The van der Waals surface area contributed by atoms with E-state index in [1.165, 1.54) is 30.5 Å². The molecule has 9 atom stereocenters. The number of halogens is 1. The predicted molar refractivity (Wildman–Crippen MR) is 181 cm³/mol. The third-order valence-electron chi connectivity index (χ3n) is 9.26. The van der Waals surface area contributed by atoms with Crippen LogP contribution >= 0.6 is 0 Å². The quantitative estimate of drug-likeness (QED) is 0.0974. The number of carbonyl (C=O) groups excluding carboxylic acids is 1. The van der Waals surface area contributed by atoms with E-state index in [1.807, 2.05) is 6.92 Å². The number of benzene rings is 1. The molecule has 6 N–H and O–H groups in total. The summed E-state index contributed by atoms with van der Waals surface area (Å²) in [7, 11) is 0. The monoisotopic (exact) mass is 679 g/mol. The molecular formula is C37H58FNO9. The molecule has 0 spiro atoms. The maximum absolute atomic E-state index is 13.1. The first-order chi connectivity index (χ1) is 23.1. The van der Waals surface area contributed by atoms with Gasteiger partial charge in [0.2, 0.25) is 5.91 Å². The molecule has 0 bridgehead atoms. The van der Waals surface area contributed by atoms with Gasteiger partial charge in [-0.3, -0.25) is 4.79 Å². The average Bonchev–Trinajstić information content (AvgIpc) is 3.08. The van der Waals surface area contributed by atoms with Gasteiger partial charge in [-0.2, -0.15) is 0 Å². The lowest BCUT2D eigenvalue weighted by atomic mass is 9.91. The third-order valence-corrected chi connectivity index (χ3v) is 9.26. The number of hydrogen-bond donors (Lipinski definition) is 6. The minimum absolute atomic E-state index is 0.0239. The second kappa shape index (κ2) is 21.7. The highest BCUT2D eigenvalue weighted by Crippen LogP contribution is 2.27. The van der Waals surface area contributed by atoms with Gasteiger partial charge in [0.05, 0.1) is 31.5 Å². The highest BCUT2D eigenvalue weighted by atomic mass is 19.1. The SMILES string of the molecule is CCCC(O)C(O)C(COC1OC(CO)C(O)C(C)C1O)NC(=O)CCCCCCCCCCC1=CCC(Oc2ccc(F)cc2)C=C1. The Balaban J connectivity index is 1.27. The van der Waals surface area contributed by atoms with E-state index in [9.17, 15) is 34.7 Å². The van der Waals surface area contributed by atoms with Crippen molar-refractivity contribution in [2.45, 2.75) is 146 Å². The fourth-order valence-corrected chi connectivity index (χ4v) is 6.13. The number of amides is 1. The highest BCUT2D eigenvalue weighted by Gasteiger charge is 2.43. The molecule has 48 heavy (non-hydrogen) atoms. The second-order valence-corrected chi connectivity index (χ2v) is 13.2. The van der Waals surface area contributed by atoms with E-state index in [1.54, 1.807) is 19.1 Å². The van der Waals surface area contributed by atoms with Crippen LogP contribution in [0.25, 0.3) is 0 Å². The van der Waals surface area contributed by atoms with Crippen LogP contribution in [0.4, 0.5) is 4.39 Å². The molecule has 2 aliphatic rings. The fraction of sp³-hybridized carbons (Fsp3) is 0.703. The largest absolute Gasteiger partial charge is 0.486 e. The van der Waals surface area contributed by atoms with Crippen molar-refractivity contribution < 1.29 is 48.9 Å². The Kier molecular flexibility index (Phi) is 18.1. The van der Waals surface area contributed by atoms with Crippen LogP contribution in [0.15, 0.2) is 48.1 Å². The second-order valence-electron chi connectivity index (χ2n) is 13.2. The molecule has 1 aromatic rings. The number of hydrogen-bond acceptors (Lipinski definition) is 9. The summed E-state index contributed by atoms with van der Waals surface area (Å²) < 4.78 is 30.2. The summed E-state index contributed by atoms with van der Waals surface area (Å²) >= 11 is 0. The first-order valence-electron chi connectivity index (χ1n) is 17.8. The minimum atomic E-state index is -1.28. The Labute approximate surface area is 285 Å². The lowest BCUT2D eigenvalue weighted by Gasteiger charge is -2.41. The summed E-state index contributed by atoms with van der Waals surface area (Å²) in [6.45, 7) is 2.82. The van der Waals surface area contributed by atoms with Gasteiger partial charge in [-0.25, -0.2) is 4.39 Å². The van der Waals surface area contributed by atoms with Crippen LogP contribution in [0.2, 0.25) is 0 Å². The smallest absolute Gasteiger partial charge is 0.220 e. The number of aliphatic hydroxyl groups is 5. The van der Waals surface area contributed by atoms with Gasteiger partial charge in [0.25, 0.3) is 0 Å². The van der Waals surface area contributed by atoms with Crippen LogP contribution in [0.1, 0.15) is 97.3 Å². The molecule has 11 heteroatoms. The van der Waals surface area contributed by atoms with Crippen molar-refractivity contribution in [1.82, 2.24) is 5.32 Å². The molecule has 0 saturated carbocycles. The molecule has 3 rings (SSSR count). The number of carbonyl (C=O) groups is 1. The lowest BCUT2D eigenvalue weighted by molar-refractivity contribution is -0.290. The van der Waals surface area contributed by atoms with Crippen LogP contribution in [-0.4, -0.2) is 93.6 Å². The first kappa shape index (κ1) is 40.1. The van der Waals surface area contributed by atoms with E-state index in [0.29, 0.717) is 25.0 Å². The van der Waals surface area contributed by atoms with Crippen molar-refractivity contribution in [3.05, 3.63) is 53.9 Å². The zero-order valence-corrected chi connectivity index (χ0v) is 28.6. The first-order valence-corrected chi connectivity index (χ1v) is 17.8. The zero-order chi connectivity index (χ0) is 34.9. The highest BCUT2D eigenvalue weighted by molar-refractivity contribution is 5.76. The van der Waals surface area contributed by atoms with Crippen molar-refractivity contribution in [3.63, 3.8) is 0 Å². The van der Waals surface area contributed by atoms with Gasteiger partial charge in [0, 0.05) is 18.8 Å². The molecule has 1 aliphatic carbocycles. The maximum atomic E-state index is 13.1. The van der Waals surface area contributed by atoms with E-state index in [-0.39, 0.29) is 30.9 Å². The number of unbranched alkanes of at least 4 members (excludes halogenated alkanes) is 7. The molecule has 1 heterocycles. The number of ether oxygens (including phenoxy) is 3.